The fourth-order valence-corrected chi connectivity index (χ4v) is 7.60. The molecular formula is C50H34N4. The molecule has 54 heavy (non-hydrogen) atoms. The molecule has 10 aromatic rings. The molecule has 0 fully saturated rings. The van der Waals surface area contributed by atoms with E-state index in [1.165, 1.54) is 32.9 Å². The lowest BCUT2D eigenvalue weighted by atomic mass is 10.0. The number of nitrogens with zero attached hydrogens (tertiary/aromatic N) is 4. The predicted molar refractivity (Wildman–Crippen MR) is 225 cm³/mol. The minimum Gasteiger partial charge on any atom is -0.310 e. The second kappa shape index (κ2) is 13.4. The summed E-state index contributed by atoms with van der Waals surface area (Å²) in [5, 5.41) is 2.42. The third-order valence-corrected chi connectivity index (χ3v) is 10.2. The number of hydrogen-bond acceptors (Lipinski definition) is 3. The lowest BCUT2D eigenvalue weighted by Crippen LogP contribution is -2.10. The highest BCUT2D eigenvalue weighted by Crippen LogP contribution is 2.41. The molecule has 0 radical (unpaired) electrons. The number of anilines is 3. The summed E-state index contributed by atoms with van der Waals surface area (Å²) in [4.78, 5) is 12.6. The zero-order valence-corrected chi connectivity index (χ0v) is 29.4. The average molecular weight is 691 g/mol. The van der Waals surface area contributed by atoms with E-state index in [2.05, 4.69) is 173 Å². The van der Waals surface area contributed by atoms with Crippen molar-refractivity contribution in [3.63, 3.8) is 0 Å². The van der Waals surface area contributed by atoms with Crippen LogP contribution in [-0.2, 0) is 0 Å². The lowest BCUT2D eigenvalue weighted by molar-refractivity contribution is 1.18. The number of rotatable bonds is 7. The van der Waals surface area contributed by atoms with Crippen LogP contribution in [0, 0.1) is 0 Å². The van der Waals surface area contributed by atoms with Crippen LogP contribution in [0.25, 0.3) is 72.2 Å². The van der Waals surface area contributed by atoms with E-state index in [1.54, 1.807) is 0 Å². The Morgan fingerprint density at radius 2 is 0.778 bits per heavy atom. The minimum absolute atomic E-state index is 0.861. The van der Waals surface area contributed by atoms with Crippen molar-refractivity contribution < 1.29 is 0 Å². The number of aromatic nitrogens is 3. The molecule has 10 rings (SSSR count). The minimum atomic E-state index is 0.861. The van der Waals surface area contributed by atoms with Gasteiger partial charge in [0.1, 0.15) is 0 Å². The SMILES string of the molecule is c1ccc(-c2ccc(N(c3ccc(-c4nc5ccccc5nc4-c4ccccc4)cc3)c3ccc4c(c3)c3ccccc3n4-c3ccccc3)cc2)cc1. The second-order valence-corrected chi connectivity index (χ2v) is 13.5. The van der Waals surface area contributed by atoms with E-state index in [4.69, 9.17) is 9.97 Å². The third-order valence-electron chi connectivity index (χ3n) is 10.2. The summed E-state index contributed by atoms with van der Waals surface area (Å²) in [5.41, 5.74) is 14.6. The van der Waals surface area contributed by atoms with Gasteiger partial charge in [0, 0.05) is 44.6 Å². The van der Waals surface area contributed by atoms with Gasteiger partial charge in [0.05, 0.1) is 33.5 Å². The van der Waals surface area contributed by atoms with Crippen LogP contribution in [-0.4, -0.2) is 14.5 Å². The van der Waals surface area contributed by atoms with Crippen LogP contribution in [0.15, 0.2) is 206 Å². The smallest absolute Gasteiger partial charge is 0.0973 e. The first kappa shape index (κ1) is 31.4. The Labute approximate surface area is 313 Å². The standard InChI is InChI=1S/C50H34N4/c1-4-14-35(15-5-1)36-24-28-40(29-25-36)53(42-32-33-48-44(34-42)43-20-10-13-23-47(43)54(48)39-18-8-3-9-19-39)41-30-26-38(27-31-41)50-49(37-16-6-2-7-17-37)51-45-21-11-12-22-46(45)52-50/h1-34H. The van der Waals surface area contributed by atoms with Gasteiger partial charge in [0.25, 0.3) is 0 Å². The first-order valence-electron chi connectivity index (χ1n) is 18.3. The van der Waals surface area contributed by atoms with Crippen molar-refractivity contribution in [2.75, 3.05) is 4.90 Å². The normalized spacial score (nSPS) is 11.3. The molecule has 4 heteroatoms. The van der Waals surface area contributed by atoms with E-state index in [-0.39, 0.29) is 0 Å². The van der Waals surface area contributed by atoms with Gasteiger partial charge >= 0.3 is 0 Å². The number of benzene rings is 8. The molecule has 0 N–H and O–H groups in total. The van der Waals surface area contributed by atoms with Gasteiger partial charge in [0.15, 0.2) is 0 Å². The molecule has 0 aliphatic rings. The maximum Gasteiger partial charge on any atom is 0.0973 e. The largest absolute Gasteiger partial charge is 0.310 e. The Bertz CT molecular complexity index is 2900. The molecule has 0 bridgehead atoms. The summed E-state index contributed by atoms with van der Waals surface area (Å²) < 4.78 is 2.36. The van der Waals surface area contributed by atoms with Gasteiger partial charge in [-0.15, -0.1) is 0 Å². The van der Waals surface area contributed by atoms with Gasteiger partial charge in [-0.25, -0.2) is 9.97 Å². The van der Waals surface area contributed by atoms with E-state index in [0.717, 1.165) is 56.3 Å². The van der Waals surface area contributed by atoms with Gasteiger partial charge in [-0.1, -0.05) is 133 Å². The molecule has 0 unspecified atom stereocenters. The van der Waals surface area contributed by atoms with E-state index in [0.29, 0.717) is 0 Å². The molecule has 0 atom stereocenters. The summed E-state index contributed by atoms with van der Waals surface area (Å²) in [5.74, 6) is 0. The Kier molecular flexibility index (Phi) is 7.77. The molecule has 0 aliphatic heterocycles. The zero-order chi connectivity index (χ0) is 35.8. The zero-order valence-electron chi connectivity index (χ0n) is 29.4. The maximum atomic E-state index is 5.16. The van der Waals surface area contributed by atoms with Crippen molar-refractivity contribution in [3.8, 4) is 39.3 Å². The number of para-hydroxylation sites is 4. The van der Waals surface area contributed by atoms with Crippen molar-refractivity contribution in [2.24, 2.45) is 0 Å². The summed E-state index contributed by atoms with van der Waals surface area (Å²) in [7, 11) is 0. The van der Waals surface area contributed by atoms with Crippen LogP contribution in [0.1, 0.15) is 0 Å². The van der Waals surface area contributed by atoms with Crippen molar-refractivity contribution in [2.45, 2.75) is 0 Å². The second-order valence-electron chi connectivity index (χ2n) is 13.5. The first-order chi connectivity index (χ1) is 26.8. The van der Waals surface area contributed by atoms with Gasteiger partial charge < -0.3 is 9.47 Å². The predicted octanol–water partition coefficient (Wildman–Crippen LogP) is 13.2. The van der Waals surface area contributed by atoms with Gasteiger partial charge in [-0.05, 0) is 83.9 Å². The molecule has 4 nitrogen and oxygen atoms in total. The molecule has 8 aromatic carbocycles. The topological polar surface area (TPSA) is 34.0 Å². The van der Waals surface area contributed by atoms with E-state index in [1.807, 2.05) is 42.5 Å². The molecule has 0 spiro atoms. The van der Waals surface area contributed by atoms with E-state index in [9.17, 15) is 0 Å². The monoisotopic (exact) mass is 690 g/mol. The summed E-state index contributed by atoms with van der Waals surface area (Å²) in [6.07, 6.45) is 0. The Balaban J connectivity index is 1.13. The van der Waals surface area contributed by atoms with Crippen LogP contribution in [0.3, 0.4) is 0 Å². The summed E-state index contributed by atoms with van der Waals surface area (Å²) in [6, 6.07) is 72.7. The highest BCUT2D eigenvalue weighted by atomic mass is 15.1. The fraction of sp³-hybridized carbons (Fsp3) is 0. The van der Waals surface area contributed by atoms with Crippen LogP contribution in [0.2, 0.25) is 0 Å². The van der Waals surface area contributed by atoms with Crippen LogP contribution < -0.4 is 4.90 Å². The third kappa shape index (κ3) is 5.58. The highest BCUT2D eigenvalue weighted by molar-refractivity contribution is 6.10. The molecule has 0 aliphatic carbocycles. The molecule has 2 aromatic heterocycles. The Hall–Kier alpha value is -7.30. The van der Waals surface area contributed by atoms with Gasteiger partial charge in [0.2, 0.25) is 0 Å². The van der Waals surface area contributed by atoms with Crippen LogP contribution >= 0.6 is 0 Å². The van der Waals surface area contributed by atoms with Crippen LogP contribution in [0.4, 0.5) is 17.1 Å². The quantitative estimate of drug-likeness (QED) is 0.167. The molecule has 0 saturated heterocycles. The van der Waals surface area contributed by atoms with Gasteiger partial charge in [-0.3, -0.25) is 0 Å². The summed E-state index contributed by atoms with van der Waals surface area (Å²) in [6.45, 7) is 0. The molecular weight excluding hydrogens is 657 g/mol. The molecule has 0 amide bonds. The number of hydrogen-bond donors (Lipinski definition) is 0. The van der Waals surface area contributed by atoms with Crippen molar-refractivity contribution in [1.29, 1.82) is 0 Å². The van der Waals surface area contributed by atoms with Crippen molar-refractivity contribution in [1.82, 2.24) is 14.5 Å². The first-order valence-corrected chi connectivity index (χ1v) is 18.3. The molecule has 0 saturated carbocycles. The van der Waals surface area contributed by atoms with Crippen molar-refractivity contribution in [3.05, 3.63) is 206 Å². The highest BCUT2D eigenvalue weighted by Gasteiger charge is 2.19. The van der Waals surface area contributed by atoms with E-state index >= 15 is 0 Å². The van der Waals surface area contributed by atoms with E-state index < -0.39 is 0 Å². The van der Waals surface area contributed by atoms with Crippen LogP contribution in [0.5, 0.6) is 0 Å². The summed E-state index contributed by atoms with van der Waals surface area (Å²) >= 11 is 0. The Morgan fingerprint density at radius 3 is 1.41 bits per heavy atom. The van der Waals surface area contributed by atoms with Crippen molar-refractivity contribution >= 4 is 49.9 Å². The average Bonchev–Trinajstić information content (AvgIpc) is 3.58. The Morgan fingerprint density at radius 1 is 0.333 bits per heavy atom. The molecule has 254 valence electrons. The number of fused-ring (bicyclic) bond motifs is 4. The molecule has 2 heterocycles. The fourth-order valence-electron chi connectivity index (χ4n) is 7.60. The maximum absolute atomic E-state index is 5.16. The lowest BCUT2D eigenvalue weighted by Gasteiger charge is -2.26. The van der Waals surface area contributed by atoms with Gasteiger partial charge in [-0.2, -0.15) is 0 Å².